The number of hydrogen-bond acceptors (Lipinski definition) is 6. The third kappa shape index (κ3) is 5.01. The van der Waals surface area contributed by atoms with Gasteiger partial charge in [-0.2, -0.15) is 13.2 Å². The van der Waals surface area contributed by atoms with Crippen LogP contribution in [0.4, 0.5) is 19.0 Å². The molecule has 40 heavy (non-hydrogen) atoms. The molecule has 2 fully saturated rings. The number of ether oxygens (including phenoxy) is 1. The second-order valence-electron chi connectivity index (χ2n) is 11.9. The van der Waals surface area contributed by atoms with Crippen molar-refractivity contribution in [1.82, 2.24) is 24.6 Å². The van der Waals surface area contributed by atoms with E-state index in [1.165, 1.54) is 4.90 Å². The minimum Gasteiger partial charge on any atom is -0.379 e. The van der Waals surface area contributed by atoms with Crippen LogP contribution in [-0.4, -0.2) is 56.9 Å². The molecular weight excluding hydrogens is 521 g/mol. The normalized spacial score (nSPS) is 22.9. The molecule has 11 heteroatoms. The number of anilines is 1. The standard InChI is InChI=1S/C29H33F3N6O2/c1-18-6-19(2)12-37(11-18)13-20-7-24(29(30,31)32)34-25(8-20)38-14-21-4-5-22(9-23(21)27(38)39)28(15-40-16-28)10-26-35-33-17-36(26)3/h4-5,7-9,17-19H,6,10-16H2,1-3H3/t18-,19-/m0/s1. The highest BCUT2D eigenvalue weighted by Crippen LogP contribution is 2.39. The maximum atomic E-state index is 13.9. The number of carbonyl (C=O) groups is 1. The zero-order valence-corrected chi connectivity index (χ0v) is 22.9. The minimum absolute atomic E-state index is 0.0338. The number of alkyl halides is 3. The van der Waals surface area contributed by atoms with E-state index in [4.69, 9.17) is 4.74 Å². The van der Waals surface area contributed by atoms with Crippen LogP contribution in [0.1, 0.15) is 58.8 Å². The Bertz CT molecular complexity index is 1420. The molecule has 1 amide bonds. The Hall–Kier alpha value is -3.31. The van der Waals surface area contributed by atoms with E-state index in [0.29, 0.717) is 49.1 Å². The number of aryl methyl sites for hydroxylation is 1. The Kier molecular flexibility index (Phi) is 6.69. The Morgan fingerprint density at radius 2 is 1.85 bits per heavy atom. The van der Waals surface area contributed by atoms with Gasteiger partial charge in [-0.25, -0.2) is 4.98 Å². The van der Waals surface area contributed by atoms with Gasteiger partial charge in [0, 0.05) is 44.1 Å². The summed E-state index contributed by atoms with van der Waals surface area (Å²) in [4.78, 5) is 21.1. The van der Waals surface area contributed by atoms with Crippen LogP contribution < -0.4 is 4.90 Å². The largest absolute Gasteiger partial charge is 0.433 e. The van der Waals surface area contributed by atoms with Crippen molar-refractivity contribution in [2.45, 2.75) is 51.4 Å². The van der Waals surface area contributed by atoms with Crippen LogP contribution in [0.15, 0.2) is 36.7 Å². The molecule has 1 aromatic carbocycles. The van der Waals surface area contributed by atoms with Gasteiger partial charge in [-0.05, 0) is 53.1 Å². The van der Waals surface area contributed by atoms with Gasteiger partial charge in [0.05, 0.1) is 19.8 Å². The zero-order valence-electron chi connectivity index (χ0n) is 22.9. The highest BCUT2D eigenvalue weighted by molar-refractivity contribution is 6.09. The SMILES string of the molecule is C[C@H]1C[C@H](C)CN(Cc2cc(N3Cc4ccc(C5(Cc6nncn6C)COC5)cc4C3=O)nc(C(F)(F)F)c2)C1. The maximum Gasteiger partial charge on any atom is 0.433 e. The van der Waals surface area contributed by atoms with Crippen molar-refractivity contribution in [3.63, 3.8) is 0 Å². The van der Waals surface area contributed by atoms with Gasteiger partial charge in [0.2, 0.25) is 0 Å². The van der Waals surface area contributed by atoms with E-state index in [9.17, 15) is 18.0 Å². The second-order valence-corrected chi connectivity index (χ2v) is 11.9. The fourth-order valence-corrected chi connectivity index (χ4v) is 6.43. The first kappa shape index (κ1) is 26.9. The van der Waals surface area contributed by atoms with Crippen molar-refractivity contribution in [1.29, 1.82) is 0 Å². The number of hydrogen-bond donors (Lipinski definition) is 0. The smallest absolute Gasteiger partial charge is 0.379 e. The molecule has 5 heterocycles. The van der Waals surface area contributed by atoms with Gasteiger partial charge in [0.25, 0.3) is 5.91 Å². The van der Waals surface area contributed by atoms with Crippen LogP contribution in [0, 0.1) is 11.8 Å². The molecule has 0 aliphatic carbocycles. The van der Waals surface area contributed by atoms with Gasteiger partial charge in [-0.15, -0.1) is 10.2 Å². The molecule has 2 saturated heterocycles. The molecule has 212 valence electrons. The molecule has 0 radical (unpaired) electrons. The highest BCUT2D eigenvalue weighted by atomic mass is 19.4. The number of pyridine rings is 1. The average molecular weight is 555 g/mol. The lowest BCUT2D eigenvalue weighted by Crippen LogP contribution is -2.49. The van der Waals surface area contributed by atoms with Crippen molar-refractivity contribution in [2.24, 2.45) is 18.9 Å². The summed E-state index contributed by atoms with van der Waals surface area (Å²) in [5, 5.41) is 8.18. The number of nitrogens with zero attached hydrogens (tertiary/aromatic N) is 6. The molecule has 2 aromatic heterocycles. The average Bonchev–Trinajstić information content (AvgIpc) is 3.42. The van der Waals surface area contributed by atoms with Crippen LogP contribution in [0.25, 0.3) is 0 Å². The molecule has 0 unspecified atom stereocenters. The topological polar surface area (TPSA) is 76.4 Å². The van der Waals surface area contributed by atoms with E-state index in [0.717, 1.165) is 42.5 Å². The van der Waals surface area contributed by atoms with E-state index in [-0.39, 0.29) is 23.7 Å². The number of carbonyl (C=O) groups excluding carboxylic acids is 1. The van der Waals surface area contributed by atoms with Crippen molar-refractivity contribution in [3.8, 4) is 0 Å². The molecule has 0 N–H and O–H groups in total. The van der Waals surface area contributed by atoms with Gasteiger partial charge in [-0.1, -0.05) is 26.0 Å². The van der Waals surface area contributed by atoms with Crippen LogP contribution in [0.2, 0.25) is 0 Å². The summed E-state index contributed by atoms with van der Waals surface area (Å²) in [5.41, 5.74) is 1.40. The van der Waals surface area contributed by atoms with Crippen molar-refractivity contribution in [3.05, 3.63) is 70.4 Å². The quantitative estimate of drug-likeness (QED) is 0.450. The summed E-state index contributed by atoms with van der Waals surface area (Å²) in [6.45, 7) is 7.54. The molecule has 0 saturated carbocycles. The highest BCUT2D eigenvalue weighted by Gasteiger charge is 2.43. The number of fused-ring (bicyclic) bond motifs is 1. The first-order valence-electron chi connectivity index (χ1n) is 13.7. The molecular formula is C29H33F3N6O2. The third-order valence-electron chi connectivity index (χ3n) is 8.37. The predicted octanol–water partition coefficient (Wildman–Crippen LogP) is 4.38. The van der Waals surface area contributed by atoms with Crippen LogP contribution in [-0.2, 0) is 42.9 Å². The summed E-state index contributed by atoms with van der Waals surface area (Å²) >= 11 is 0. The van der Waals surface area contributed by atoms with Crippen LogP contribution in [0.5, 0.6) is 0 Å². The number of rotatable bonds is 6. The monoisotopic (exact) mass is 554 g/mol. The number of aromatic nitrogens is 4. The van der Waals surface area contributed by atoms with Crippen LogP contribution >= 0.6 is 0 Å². The fourth-order valence-electron chi connectivity index (χ4n) is 6.43. The summed E-state index contributed by atoms with van der Waals surface area (Å²) in [6.07, 6.45) is -1.26. The van der Waals surface area contributed by atoms with Gasteiger partial charge >= 0.3 is 6.18 Å². The van der Waals surface area contributed by atoms with Crippen molar-refractivity contribution < 1.29 is 22.7 Å². The van der Waals surface area contributed by atoms with E-state index >= 15 is 0 Å². The molecule has 0 spiro atoms. The van der Waals surface area contributed by atoms with Gasteiger partial charge in [-0.3, -0.25) is 14.6 Å². The predicted molar refractivity (Wildman–Crippen MR) is 142 cm³/mol. The van der Waals surface area contributed by atoms with Gasteiger partial charge in [0.1, 0.15) is 23.7 Å². The van der Waals surface area contributed by atoms with Gasteiger partial charge < -0.3 is 9.30 Å². The maximum absolute atomic E-state index is 13.9. The Morgan fingerprint density at radius 3 is 2.48 bits per heavy atom. The fraction of sp³-hybridized carbons (Fsp3) is 0.517. The molecule has 3 aliphatic heterocycles. The molecule has 3 aromatic rings. The molecule has 2 atom stereocenters. The van der Waals surface area contributed by atoms with E-state index in [1.807, 2.05) is 29.8 Å². The Labute approximate surface area is 231 Å². The lowest BCUT2D eigenvalue weighted by Gasteiger charge is -2.41. The molecule has 3 aliphatic rings. The van der Waals surface area contributed by atoms with E-state index < -0.39 is 11.9 Å². The van der Waals surface area contributed by atoms with E-state index in [1.54, 1.807) is 12.4 Å². The Balaban J connectivity index is 1.29. The summed E-state index contributed by atoms with van der Waals surface area (Å²) in [6, 6.07) is 8.50. The number of benzene rings is 1. The van der Waals surface area contributed by atoms with Crippen LogP contribution in [0.3, 0.4) is 0 Å². The minimum atomic E-state index is -4.62. The summed E-state index contributed by atoms with van der Waals surface area (Å²) in [5.74, 6) is 1.47. The second kappa shape index (κ2) is 9.95. The first-order valence-corrected chi connectivity index (χ1v) is 13.7. The van der Waals surface area contributed by atoms with E-state index in [2.05, 4.69) is 33.9 Å². The number of halogens is 3. The number of amides is 1. The summed E-state index contributed by atoms with van der Waals surface area (Å²) in [7, 11) is 1.88. The third-order valence-corrected chi connectivity index (χ3v) is 8.37. The molecule has 8 nitrogen and oxygen atoms in total. The van der Waals surface area contributed by atoms with Crippen molar-refractivity contribution >= 4 is 11.7 Å². The Morgan fingerprint density at radius 1 is 1.10 bits per heavy atom. The molecule has 0 bridgehead atoms. The van der Waals surface area contributed by atoms with Gasteiger partial charge in [0.15, 0.2) is 0 Å². The van der Waals surface area contributed by atoms with Crippen molar-refractivity contribution in [2.75, 3.05) is 31.2 Å². The summed E-state index contributed by atoms with van der Waals surface area (Å²) < 4.78 is 49.2. The lowest BCUT2D eigenvalue weighted by atomic mass is 9.75. The first-order chi connectivity index (χ1) is 19.0. The lowest BCUT2D eigenvalue weighted by molar-refractivity contribution is -0.141. The number of piperidine rings is 1. The zero-order chi connectivity index (χ0) is 28.2. The number of likely N-dealkylation sites (tertiary alicyclic amines) is 1. The molecule has 6 rings (SSSR count).